The third kappa shape index (κ3) is 3.14. The smallest absolute Gasteiger partial charge is 0.332 e. The van der Waals surface area contributed by atoms with Gasteiger partial charge in [0.15, 0.2) is 11.2 Å². The van der Waals surface area contributed by atoms with Crippen molar-refractivity contribution >= 4 is 17.1 Å². The molecule has 132 valence electrons. The first-order chi connectivity index (χ1) is 11.1. The van der Waals surface area contributed by atoms with Crippen molar-refractivity contribution in [3.8, 4) is 0 Å². The zero-order valence-corrected chi connectivity index (χ0v) is 15.2. The van der Waals surface area contributed by atoms with Crippen molar-refractivity contribution in [1.29, 1.82) is 0 Å². The maximum absolute atomic E-state index is 12.6. The highest BCUT2D eigenvalue weighted by Gasteiger charge is 2.21. The lowest BCUT2D eigenvalue weighted by Crippen LogP contribution is -2.37. The molecule has 2 aromatic rings. The Morgan fingerprint density at radius 3 is 2.46 bits per heavy atom. The largest absolute Gasteiger partial charge is 0.344 e. The average Bonchev–Trinajstić information content (AvgIpc) is 2.87. The van der Waals surface area contributed by atoms with Crippen LogP contribution in [0.4, 0.5) is 5.95 Å². The molecule has 8 nitrogen and oxygen atoms in total. The van der Waals surface area contributed by atoms with Crippen LogP contribution in [0.15, 0.2) is 21.2 Å². The number of hydrogen-bond donors (Lipinski definition) is 1. The summed E-state index contributed by atoms with van der Waals surface area (Å²) in [5.41, 5.74) is 7.11. The normalized spacial score (nSPS) is 12.5. The van der Waals surface area contributed by atoms with E-state index in [0.29, 0.717) is 30.2 Å². The van der Waals surface area contributed by atoms with E-state index in [2.05, 4.69) is 4.98 Å². The van der Waals surface area contributed by atoms with Crippen molar-refractivity contribution in [3.05, 3.63) is 32.5 Å². The minimum Gasteiger partial charge on any atom is -0.344 e. The Kier molecular flexibility index (Phi) is 4.98. The quantitative estimate of drug-likeness (QED) is 0.788. The summed E-state index contributed by atoms with van der Waals surface area (Å²) in [4.78, 5) is 31.3. The Bertz CT molecular complexity index is 896. The van der Waals surface area contributed by atoms with Gasteiger partial charge >= 0.3 is 5.69 Å². The topological polar surface area (TPSA) is 91.1 Å². The molecule has 2 rings (SSSR count). The second-order valence-electron chi connectivity index (χ2n) is 6.54. The number of nitrogens with two attached hydrogens (primary N) is 1. The molecule has 0 radical (unpaired) electrons. The van der Waals surface area contributed by atoms with Gasteiger partial charge in [-0.05, 0) is 20.8 Å². The fourth-order valence-corrected chi connectivity index (χ4v) is 2.69. The maximum atomic E-state index is 12.6. The van der Waals surface area contributed by atoms with Crippen LogP contribution in [0, 0.1) is 0 Å². The molecule has 0 spiro atoms. The zero-order valence-electron chi connectivity index (χ0n) is 15.2. The van der Waals surface area contributed by atoms with Gasteiger partial charge in [0.05, 0.1) is 0 Å². The molecule has 24 heavy (non-hydrogen) atoms. The highest BCUT2D eigenvalue weighted by molar-refractivity contribution is 5.74. The van der Waals surface area contributed by atoms with Gasteiger partial charge in [0.1, 0.15) is 0 Å². The van der Waals surface area contributed by atoms with Crippen molar-refractivity contribution in [2.45, 2.75) is 33.4 Å². The first-order valence-electron chi connectivity index (χ1n) is 7.91. The second kappa shape index (κ2) is 6.64. The number of imidazole rings is 1. The van der Waals surface area contributed by atoms with Crippen LogP contribution in [-0.2, 0) is 20.6 Å². The first-order valence-corrected chi connectivity index (χ1v) is 7.91. The first kappa shape index (κ1) is 18.0. The van der Waals surface area contributed by atoms with Crippen LogP contribution in [0.2, 0.25) is 0 Å². The summed E-state index contributed by atoms with van der Waals surface area (Å²) in [6, 6.07) is -0.0432. The fraction of sp³-hybridized carbons (Fsp3) is 0.562. The van der Waals surface area contributed by atoms with Crippen LogP contribution in [0.3, 0.4) is 0 Å². The van der Waals surface area contributed by atoms with Gasteiger partial charge < -0.3 is 15.2 Å². The van der Waals surface area contributed by atoms with Gasteiger partial charge in [-0.25, -0.2) is 4.79 Å². The predicted octanol–water partition coefficient (Wildman–Crippen LogP) is 0.183. The SMILES string of the molecule is CC(C)=CCn1c(N(C)CC(C)N)nc2c1c(=O)n(C)c(=O)n2C. The molecule has 0 saturated carbocycles. The van der Waals surface area contributed by atoms with Gasteiger partial charge in [-0.3, -0.25) is 13.9 Å². The summed E-state index contributed by atoms with van der Waals surface area (Å²) in [5, 5.41) is 0. The van der Waals surface area contributed by atoms with Gasteiger partial charge in [0.25, 0.3) is 5.56 Å². The molecule has 0 aromatic carbocycles. The lowest BCUT2D eigenvalue weighted by Gasteiger charge is -2.21. The lowest BCUT2D eigenvalue weighted by molar-refractivity contribution is 0.684. The predicted molar refractivity (Wildman–Crippen MR) is 96.6 cm³/mol. The van der Waals surface area contributed by atoms with Gasteiger partial charge in [-0.1, -0.05) is 11.6 Å². The van der Waals surface area contributed by atoms with E-state index in [1.807, 2.05) is 43.4 Å². The van der Waals surface area contributed by atoms with E-state index in [1.165, 1.54) is 11.6 Å². The van der Waals surface area contributed by atoms with E-state index in [9.17, 15) is 9.59 Å². The third-order valence-electron chi connectivity index (χ3n) is 3.91. The van der Waals surface area contributed by atoms with Crippen LogP contribution in [0.1, 0.15) is 20.8 Å². The van der Waals surface area contributed by atoms with Crippen molar-refractivity contribution in [1.82, 2.24) is 18.7 Å². The second-order valence-corrected chi connectivity index (χ2v) is 6.54. The number of hydrogen-bond acceptors (Lipinski definition) is 5. The van der Waals surface area contributed by atoms with Crippen LogP contribution >= 0.6 is 0 Å². The number of rotatable bonds is 5. The Balaban J connectivity index is 2.82. The van der Waals surface area contributed by atoms with Crippen LogP contribution in [-0.4, -0.2) is 38.3 Å². The van der Waals surface area contributed by atoms with E-state index in [4.69, 9.17) is 5.73 Å². The average molecular weight is 334 g/mol. The molecule has 2 N–H and O–H groups in total. The standard InChI is InChI=1S/C16H26N6O2/c1-10(2)7-8-22-12-13(18-15(22)19(4)9-11(3)17)20(5)16(24)21(6)14(12)23/h7,11H,8-9,17H2,1-6H3. The Morgan fingerprint density at radius 2 is 1.92 bits per heavy atom. The molecule has 0 amide bonds. The number of aromatic nitrogens is 4. The van der Waals surface area contributed by atoms with Crippen LogP contribution in [0.5, 0.6) is 0 Å². The molecule has 2 heterocycles. The van der Waals surface area contributed by atoms with Crippen molar-refractivity contribution in [2.75, 3.05) is 18.5 Å². The molecule has 1 unspecified atom stereocenters. The summed E-state index contributed by atoms with van der Waals surface area (Å²) in [6.07, 6.45) is 2.02. The third-order valence-corrected chi connectivity index (χ3v) is 3.91. The summed E-state index contributed by atoms with van der Waals surface area (Å²) < 4.78 is 4.35. The molecule has 1 atom stereocenters. The number of likely N-dealkylation sites (N-methyl/N-ethyl adjacent to an activating group) is 1. The number of fused-ring (bicyclic) bond motifs is 1. The molecule has 0 aliphatic rings. The summed E-state index contributed by atoms with van der Waals surface area (Å²) in [5.74, 6) is 0.623. The zero-order chi connectivity index (χ0) is 18.2. The van der Waals surface area contributed by atoms with Crippen LogP contribution < -0.4 is 21.9 Å². The maximum Gasteiger partial charge on any atom is 0.332 e. The number of aryl methyl sites for hydroxylation is 1. The van der Waals surface area contributed by atoms with Gasteiger partial charge in [-0.15, -0.1) is 0 Å². The van der Waals surface area contributed by atoms with E-state index >= 15 is 0 Å². The highest BCUT2D eigenvalue weighted by atomic mass is 16.2. The van der Waals surface area contributed by atoms with E-state index < -0.39 is 0 Å². The summed E-state index contributed by atoms with van der Waals surface area (Å²) >= 11 is 0. The molecule has 0 fully saturated rings. The Hall–Kier alpha value is -2.35. The number of nitrogens with zero attached hydrogens (tertiary/aromatic N) is 5. The van der Waals surface area contributed by atoms with Gasteiger partial charge in [-0.2, -0.15) is 4.98 Å². The molecule has 2 aromatic heterocycles. The highest BCUT2D eigenvalue weighted by Crippen LogP contribution is 2.19. The molecule has 0 bridgehead atoms. The van der Waals surface area contributed by atoms with Gasteiger partial charge in [0, 0.05) is 40.3 Å². The molecule has 0 saturated heterocycles. The van der Waals surface area contributed by atoms with Crippen molar-refractivity contribution in [2.24, 2.45) is 19.8 Å². The summed E-state index contributed by atoms with van der Waals surface area (Å²) in [7, 11) is 4.98. The Morgan fingerprint density at radius 1 is 1.29 bits per heavy atom. The van der Waals surface area contributed by atoms with Crippen LogP contribution in [0.25, 0.3) is 11.2 Å². The van der Waals surface area contributed by atoms with Gasteiger partial charge in [0.2, 0.25) is 5.95 Å². The molecule has 0 aliphatic carbocycles. The molecule has 8 heteroatoms. The lowest BCUT2D eigenvalue weighted by atomic mass is 10.3. The van der Waals surface area contributed by atoms with E-state index in [1.54, 1.807) is 7.05 Å². The van der Waals surface area contributed by atoms with Crippen molar-refractivity contribution < 1.29 is 0 Å². The van der Waals surface area contributed by atoms with E-state index in [0.717, 1.165) is 10.1 Å². The minimum atomic E-state index is -0.388. The molecular weight excluding hydrogens is 308 g/mol. The monoisotopic (exact) mass is 334 g/mol. The molecule has 0 aliphatic heterocycles. The van der Waals surface area contributed by atoms with E-state index in [-0.39, 0.29) is 17.3 Å². The number of anilines is 1. The van der Waals surface area contributed by atoms with Crippen molar-refractivity contribution in [3.63, 3.8) is 0 Å². The Labute approximate surface area is 140 Å². The number of allylic oxidation sites excluding steroid dienone is 2. The summed E-state index contributed by atoms with van der Waals surface area (Å²) in [6.45, 7) is 7.00. The minimum absolute atomic E-state index is 0.0432. The molecular formula is C16H26N6O2. The fourth-order valence-electron chi connectivity index (χ4n) is 2.69.